The lowest BCUT2D eigenvalue weighted by Crippen LogP contribution is -2.45. The first-order chi connectivity index (χ1) is 12.3. The predicted molar refractivity (Wildman–Crippen MR) is 101 cm³/mol. The Labute approximate surface area is 153 Å². The number of carbonyl (C=O) groups is 1. The van der Waals surface area contributed by atoms with Gasteiger partial charge in [0.25, 0.3) is 5.56 Å². The standard InChI is InChI=1S/C19H27N5O2/c1-18(2,3)19(12-20)9-11-23(13-19)16(25)8-10-24-17(26)14-6-4-5-7-15(14)21-22-24/h4-7H,8-13,20H2,1-3H3. The Morgan fingerprint density at radius 3 is 2.69 bits per heavy atom. The summed E-state index contributed by atoms with van der Waals surface area (Å²) in [7, 11) is 0. The van der Waals surface area contributed by atoms with Crippen LogP contribution in [0, 0.1) is 10.8 Å². The number of nitrogens with zero attached hydrogens (tertiary/aromatic N) is 4. The molecule has 3 rings (SSSR count). The lowest BCUT2D eigenvalue weighted by Gasteiger charge is -2.41. The topological polar surface area (TPSA) is 94.1 Å². The minimum absolute atomic E-state index is 0.0337. The number of likely N-dealkylation sites (tertiary alicyclic amines) is 1. The third kappa shape index (κ3) is 3.23. The van der Waals surface area contributed by atoms with Gasteiger partial charge in [0.05, 0.1) is 11.9 Å². The summed E-state index contributed by atoms with van der Waals surface area (Å²) < 4.78 is 1.27. The van der Waals surface area contributed by atoms with Crippen molar-refractivity contribution < 1.29 is 4.79 Å². The zero-order chi connectivity index (χ0) is 18.9. The molecule has 1 saturated heterocycles. The molecule has 7 heteroatoms. The maximum absolute atomic E-state index is 12.6. The van der Waals surface area contributed by atoms with Crippen molar-refractivity contribution in [1.29, 1.82) is 0 Å². The monoisotopic (exact) mass is 357 g/mol. The van der Waals surface area contributed by atoms with Gasteiger partial charge in [-0.15, -0.1) is 5.10 Å². The third-order valence-corrected chi connectivity index (χ3v) is 5.86. The maximum atomic E-state index is 12.6. The van der Waals surface area contributed by atoms with Gasteiger partial charge in [-0.05, 0) is 24.0 Å². The van der Waals surface area contributed by atoms with Crippen molar-refractivity contribution in [2.24, 2.45) is 16.6 Å². The molecule has 1 atom stereocenters. The summed E-state index contributed by atoms with van der Waals surface area (Å²) in [6.45, 7) is 8.72. The van der Waals surface area contributed by atoms with Crippen LogP contribution in [-0.4, -0.2) is 45.4 Å². The van der Waals surface area contributed by atoms with Gasteiger partial charge >= 0.3 is 0 Å². The fourth-order valence-corrected chi connectivity index (χ4v) is 3.70. The molecule has 1 aliphatic heterocycles. The van der Waals surface area contributed by atoms with Crippen LogP contribution < -0.4 is 11.3 Å². The number of aromatic nitrogens is 3. The van der Waals surface area contributed by atoms with E-state index in [4.69, 9.17) is 5.73 Å². The summed E-state index contributed by atoms with van der Waals surface area (Å²) >= 11 is 0. The van der Waals surface area contributed by atoms with E-state index in [0.717, 1.165) is 6.42 Å². The fourth-order valence-electron chi connectivity index (χ4n) is 3.70. The predicted octanol–water partition coefficient (Wildman–Crippen LogP) is 1.41. The molecule has 140 valence electrons. The quantitative estimate of drug-likeness (QED) is 0.893. The van der Waals surface area contributed by atoms with Crippen molar-refractivity contribution in [2.45, 2.75) is 40.2 Å². The number of rotatable bonds is 4. The van der Waals surface area contributed by atoms with Gasteiger partial charge in [-0.2, -0.15) is 0 Å². The molecule has 7 nitrogen and oxygen atoms in total. The zero-order valence-corrected chi connectivity index (χ0v) is 15.7. The number of hydrogen-bond acceptors (Lipinski definition) is 5. The SMILES string of the molecule is CC(C)(C)C1(CN)CCN(C(=O)CCn2nnc3ccccc3c2=O)C1. The molecular weight excluding hydrogens is 330 g/mol. The zero-order valence-electron chi connectivity index (χ0n) is 15.7. The van der Waals surface area contributed by atoms with E-state index in [1.807, 2.05) is 11.0 Å². The fraction of sp³-hybridized carbons (Fsp3) is 0.579. The summed E-state index contributed by atoms with van der Waals surface area (Å²) in [6.07, 6.45) is 1.15. The Kier molecular flexibility index (Phi) is 4.84. The summed E-state index contributed by atoms with van der Waals surface area (Å²) in [6, 6.07) is 7.09. The van der Waals surface area contributed by atoms with Crippen molar-refractivity contribution in [2.75, 3.05) is 19.6 Å². The summed E-state index contributed by atoms with van der Waals surface area (Å²) in [5.41, 5.74) is 6.39. The number of benzene rings is 1. The molecule has 1 aromatic heterocycles. The molecule has 1 aromatic carbocycles. The van der Waals surface area contributed by atoms with Crippen LogP contribution >= 0.6 is 0 Å². The van der Waals surface area contributed by atoms with Crippen molar-refractivity contribution in [3.05, 3.63) is 34.6 Å². The molecular formula is C19H27N5O2. The number of hydrogen-bond donors (Lipinski definition) is 1. The van der Waals surface area contributed by atoms with Crippen LogP contribution in [0.5, 0.6) is 0 Å². The van der Waals surface area contributed by atoms with E-state index in [0.29, 0.717) is 30.5 Å². The highest BCUT2D eigenvalue weighted by molar-refractivity contribution is 5.77. The maximum Gasteiger partial charge on any atom is 0.277 e. The Hall–Kier alpha value is -2.28. The van der Waals surface area contributed by atoms with Gasteiger partial charge in [0.15, 0.2) is 0 Å². The Morgan fingerprint density at radius 2 is 2.04 bits per heavy atom. The van der Waals surface area contributed by atoms with Crippen LogP contribution in [0.3, 0.4) is 0 Å². The smallest absolute Gasteiger partial charge is 0.277 e. The van der Waals surface area contributed by atoms with Crippen molar-refractivity contribution in [3.8, 4) is 0 Å². The van der Waals surface area contributed by atoms with Gasteiger partial charge in [0, 0.05) is 31.5 Å². The van der Waals surface area contributed by atoms with Gasteiger partial charge in [-0.3, -0.25) is 9.59 Å². The van der Waals surface area contributed by atoms with Gasteiger partial charge in [-0.25, -0.2) is 4.68 Å². The minimum Gasteiger partial charge on any atom is -0.342 e. The molecule has 1 aliphatic rings. The molecule has 2 N–H and O–H groups in total. The Bertz CT molecular complexity index is 870. The molecule has 0 aliphatic carbocycles. The van der Waals surface area contributed by atoms with Gasteiger partial charge < -0.3 is 10.6 Å². The van der Waals surface area contributed by atoms with Crippen LogP contribution in [0.4, 0.5) is 0 Å². The van der Waals surface area contributed by atoms with Gasteiger partial charge in [-0.1, -0.05) is 38.1 Å². The van der Waals surface area contributed by atoms with E-state index >= 15 is 0 Å². The summed E-state index contributed by atoms with van der Waals surface area (Å²) in [5, 5.41) is 8.53. The van der Waals surface area contributed by atoms with Gasteiger partial charge in [0.1, 0.15) is 5.52 Å². The second kappa shape index (κ2) is 6.79. The molecule has 1 fully saturated rings. The number of amides is 1. The van der Waals surface area contributed by atoms with Gasteiger partial charge in [0.2, 0.25) is 5.91 Å². The Morgan fingerprint density at radius 1 is 1.31 bits per heavy atom. The highest BCUT2D eigenvalue weighted by Gasteiger charge is 2.46. The number of carbonyl (C=O) groups excluding carboxylic acids is 1. The third-order valence-electron chi connectivity index (χ3n) is 5.86. The second-order valence-corrected chi connectivity index (χ2v) is 8.18. The first-order valence-corrected chi connectivity index (χ1v) is 9.08. The van der Waals surface area contributed by atoms with Crippen molar-refractivity contribution in [1.82, 2.24) is 19.9 Å². The first kappa shape index (κ1) is 18.5. The molecule has 0 spiro atoms. The number of aryl methyl sites for hydroxylation is 1. The van der Waals surface area contributed by atoms with E-state index in [-0.39, 0.29) is 35.3 Å². The average Bonchev–Trinajstić information content (AvgIpc) is 3.07. The first-order valence-electron chi connectivity index (χ1n) is 9.08. The van der Waals surface area contributed by atoms with Crippen molar-refractivity contribution >= 4 is 16.8 Å². The van der Waals surface area contributed by atoms with Crippen LogP contribution in [0.25, 0.3) is 10.9 Å². The second-order valence-electron chi connectivity index (χ2n) is 8.18. The molecule has 1 unspecified atom stereocenters. The number of fused-ring (bicyclic) bond motifs is 1. The molecule has 0 saturated carbocycles. The van der Waals surface area contributed by atoms with E-state index in [2.05, 4.69) is 31.1 Å². The summed E-state index contributed by atoms with van der Waals surface area (Å²) in [4.78, 5) is 27.0. The Balaban J connectivity index is 1.69. The van der Waals surface area contributed by atoms with Crippen LogP contribution in [0.15, 0.2) is 29.1 Å². The molecule has 26 heavy (non-hydrogen) atoms. The molecule has 0 radical (unpaired) electrons. The van der Waals surface area contributed by atoms with Crippen LogP contribution in [0.1, 0.15) is 33.6 Å². The molecule has 2 aromatic rings. The normalized spacial score (nSPS) is 20.7. The summed E-state index contributed by atoms with van der Waals surface area (Å²) in [5.74, 6) is 0.0337. The lowest BCUT2D eigenvalue weighted by molar-refractivity contribution is -0.131. The average molecular weight is 357 g/mol. The molecule has 2 heterocycles. The highest BCUT2D eigenvalue weighted by Crippen LogP contribution is 2.45. The molecule has 0 bridgehead atoms. The largest absolute Gasteiger partial charge is 0.342 e. The number of nitrogens with two attached hydrogens (primary N) is 1. The van der Waals surface area contributed by atoms with E-state index in [1.54, 1.807) is 18.2 Å². The van der Waals surface area contributed by atoms with E-state index in [1.165, 1.54) is 4.68 Å². The molecule has 1 amide bonds. The van der Waals surface area contributed by atoms with Crippen LogP contribution in [0.2, 0.25) is 0 Å². The minimum atomic E-state index is -0.212. The van der Waals surface area contributed by atoms with E-state index in [9.17, 15) is 9.59 Å². The lowest BCUT2D eigenvalue weighted by atomic mass is 9.66. The highest BCUT2D eigenvalue weighted by atomic mass is 16.2. The van der Waals surface area contributed by atoms with Crippen molar-refractivity contribution in [3.63, 3.8) is 0 Å². The van der Waals surface area contributed by atoms with E-state index < -0.39 is 0 Å². The van der Waals surface area contributed by atoms with Crippen LogP contribution in [-0.2, 0) is 11.3 Å².